The molecule has 0 saturated carbocycles. The maximum atomic E-state index is 13.1. The molecule has 190 valence electrons. The van der Waals surface area contributed by atoms with Gasteiger partial charge in [-0.05, 0) is 46.1 Å². The lowest BCUT2D eigenvalue weighted by atomic mass is 9.86. The van der Waals surface area contributed by atoms with E-state index >= 15 is 0 Å². The average Bonchev–Trinajstić information content (AvgIpc) is 2.73. The normalized spacial score (nSPS) is 10.5. The molecular weight excluding hydrogens is 470 g/mol. The zero-order chi connectivity index (χ0) is 27.2. The molecule has 2 aromatic rings. The van der Waals surface area contributed by atoms with Gasteiger partial charge in [-0.25, -0.2) is 0 Å². The molecule has 0 atom stereocenters. The molecule has 0 aliphatic heterocycles. The number of carbonyl (C=O) groups is 1. The number of nitrogens with zero attached hydrogens (tertiary/aromatic N) is 1. The van der Waals surface area contributed by atoms with Crippen LogP contribution < -0.4 is 0 Å². The predicted octanol–water partition coefficient (Wildman–Crippen LogP) is 5.18. The van der Waals surface area contributed by atoms with E-state index in [1.165, 1.54) is 17.2 Å². The molecule has 0 radical (unpaired) electrons. The van der Waals surface area contributed by atoms with Gasteiger partial charge in [0.05, 0.1) is 0 Å². The van der Waals surface area contributed by atoms with Crippen molar-refractivity contribution in [3.05, 3.63) is 64.2 Å². The smallest absolute Gasteiger partial charge is 0.373 e. The van der Waals surface area contributed by atoms with Gasteiger partial charge in [0.15, 0.2) is 0 Å². The summed E-state index contributed by atoms with van der Waals surface area (Å²) in [6.45, 7) is 14.1. The highest BCUT2D eigenvalue weighted by Gasteiger charge is 2.22. The van der Waals surface area contributed by atoms with Crippen LogP contribution in [0.15, 0.2) is 42.5 Å². The summed E-state index contributed by atoms with van der Waals surface area (Å²) in [7, 11) is 0. The molecule has 0 aliphatic carbocycles. The molecule has 35 heavy (non-hydrogen) atoms. The third kappa shape index (κ3) is 13.3. The maximum Gasteiger partial charge on any atom is 0.373 e. The van der Waals surface area contributed by atoms with E-state index in [1.807, 2.05) is 4.90 Å². The van der Waals surface area contributed by atoms with Crippen molar-refractivity contribution in [3.8, 4) is 5.75 Å². The SMILES string of the molecule is CC(C)(C)CN(Cc1ccc(O)cc1Cl)C(=O)CCc1cccc(C(C)(C)C)c1.O=C=O.O=C=O. The summed E-state index contributed by atoms with van der Waals surface area (Å²) in [5, 5.41) is 10.1. The van der Waals surface area contributed by atoms with Gasteiger partial charge in [0, 0.05) is 24.5 Å². The van der Waals surface area contributed by atoms with Gasteiger partial charge in [-0.15, -0.1) is 0 Å². The molecule has 0 bridgehead atoms. The van der Waals surface area contributed by atoms with Crippen molar-refractivity contribution in [2.24, 2.45) is 5.41 Å². The van der Waals surface area contributed by atoms with E-state index in [0.29, 0.717) is 31.0 Å². The van der Waals surface area contributed by atoms with E-state index in [0.717, 1.165) is 5.56 Å². The van der Waals surface area contributed by atoms with Gasteiger partial charge in [-0.3, -0.25) is 4.79 Å². The Labute approximate surface area is 212 Å². The molecule has 1 amide bonds. The molecular formula is C27H34ClNO6. The highest BCUT2D eigenvalue weighted by atomic mass is 35.5. The number of halogens is 1. The molecule has 0 aromatic heterocycles. The molecule has 8 heteroatoms. The van der Waals surface area contributed by atoms with Crippen molar-refractivity contribution >= 4 is 29.8 Å². The minimum atomic E-state index is -0.0226. The number of hydrogen-bond acceptors (Lipinski definition) is 6. The molecule has 0 aliphatic rings. The van der Waals surface area contributed by atoms with E-state index < -0.39 is 0 Å². The van der Waals surface area contributed by atoms with Gasteiger partial charge >= 0.3 is 12.3 Å². The highest BCUT2D eigenvalue weighted by Crippen LogP contribution is 2.26. The maximum absolute atomic E-state index is 13.1. The Morgan fingerprint density at radius 1 is 0.943 bits per heavy atom. The Hall–Kier alpha value is -3.24. The Morgan fingerprint density at radius 2 is 1.51 bits per heavy atom. The lowest BCUT2D eigenvalue weighted by Gasteiger charge is -2.30. The van der Waals surface area contributed by atoms with Crippen LogP contribution in [0.5, 0.6) is 5.75 Å². The third-order valence-corrected chi connectivity index (χ3v) is 5.19. The zero-order valence-corrected chi connectivity index (χ0v) is 21.9. The number of carbonyl (C=O) groups excluding carboxylic acids is 5. The van der Waals surface area contributed by atoms with Gasteiger partial charge in [-0.1, -0.05) is 83.5 Å². The van der Waals surface area contributed by atoms with Crippen molar-refractivity contribution in [2.45, 2.75) is 66.3 Å². The predicted molar refractivity (Wildman–Crippen MR) is 131 cm³/mol. The minimum absolute atomic E-state index is 0.0226. The second-order valence-corrected chi connectivity index (χ2v) is 10.6. The topological polar surface area (TPSA) is 109 Å². The molecule has 0 heterocycles. The number of aryl methyl sites for hydroxylation is 1. The highest BCUT2D eigenvalue weighted by molar-refractivity contribution is 6.31. The van der Waals surface area contributed by atoms with Gasteiger partial charge in [0.2, 0.25) is 5.91 Å². The molecule has 2 aromatic carbocycles. The lowest BCUT2D eigenvalue weighted by Crippen LogP contribution is -2.37. The standard InChI is InChI=1S/C25H34ClNO2.2CO2/c1-24(2,3)17-27(16-19-11-12-21(28)15-22(19)26)23(29)13-10-18-8-7-9-20(14-18)25(4,5)6;2*2-1-3/h7-9,11-12,14-15,28H,10,13,16-17H2,1-6H3;;. The average molecular weight is 504 g/mol. The molecule has 0 fully saturated rings. The Bertz CT molecular complexity index is 1010. The summed E-state index contributed by atoms with van der Waals surface area (Å²) in [5.74, 6) is 0.247. The first kappa shape index (κ1) is 31.8. The Morgan fingerprint density at radius 3 is 2.00 bits per heavy atom. The molecule has 7 nitrogen and oxygen atoms in total. The van der Waals surface area contributed by atoms with E-state index in [4.69, 9.17) is 30.8 Å². The molecule has 2 rings (SSSR count). The Kier molecular flexibility index (Phi) is 13.5. The van der Waals surface area contributed by atoms with E-state index in [2.05, 4.69) is 65.8 Å². The number of phenols is 1. The second-order valence-electron chi connectivity index (χ2n) is 10.2. The molecule has 0 unspecified atom stereocenters. The van der Waals surface area contributed by atoms with Gasteiger partial charge in [0.1, 0.15) is 5.75 Å². The molecule has 0 saturated heterocycles. The van der Waals surface area contributed by atoms with Crippen molar-refractivity contribution in [3.63, 3.8) is 0 Å². The number of hydrogen-bond donors (Lipinski definition) is 1. The van der Waals surface area contributed by atoms with Crippen LogP contribution in [0.3, 0.4) is 0 Å². The number of benzene rings is 2. The van der Waals surface area contributed by atoms with Crippen LogP contribution in [0, 0.1) is 5.41 Å². The number of rotatable bonds is 6. The Balaban J connectivity index is 0.00000174. The van der Waals surface area contributed by atoms with Crippen LogP contribution >= 0.6 is 11.6 Å². The van der Waals surface area contributed by atoms with Crippen molar-refractivity contribution < 1.29 is 29.1 Å². The number of phenolic OH excluding ortho intramolecular Hbond substituents is 1. The first-order valence-electron chi connectivity index (χ1n) is 11.0. The first-order chi connectivity index (χ1) is 16.2. The fraction of sp³-hybridized carbons (Fsp3) is 0.444. The number of amides is 1. The van der Waals surface area contributed by atoms with Crippen LogP contribution in [0.4, 0.5) is 0 Å². The zero-order valence-electron chi connectivity index (χ0n) is 21.2. The van der Waals surface area contributed by atoms with Gasteiger partial charge in [0.25, 0.3) is 0 Å². The van der Waals surface area contributed by atoms with E-state index in [-0.39, 0.29) is 34.8 Å². The van der Waals surface area contributed by atoms with Gasteiger partial charge in [-0.2, -0.15) is 19.2 Å². The van der Waals surface area contributed by atoms with Crippen molar-refractivity contribution in [1.82, 2.24) is 4.90 Å². The molecule has 1 N–H and O–H groups in total. The van der Waals surface area contributed by atoms with Crippen LogP contribution in [-0.4, -0.2) is 34.8 Å². The second kappa shape index (κ2) is 14.9. The van der Waals surface area contributed by atoms with Crippen LogP contribution in [0.25, 0.3) is 0 Å². The monoisotopic (exact) mass is 503 g/mol. The van der Waals surface area contributed by atoms with Crippen molar-refractivity contribution in [2.75, 3.05) is 6.54 Å². The summed E-state index contributed by atoms with van der Waals surface area (Å²) in [4.78, 5) is 47.5. The number of aromatic hydroxyl groups is 1. The minimum Gasteiger partial charge on any atom is -0.508 e. The van der Waals surface area contributed by atoms with E-state index in [1.54, 1.807) is 12.1 Å². The van der Waals surface area contributed by atoms with Crippen LogP contribution in [0.1, 0.15) is 64.7 Å². The summed E-state index contributed by atoms with van der Waals surface area (Å²) < 4.78 is 0. The molecule has 0 spiro atoms. The fourth-order valence-electron chi connectivity index (χ4n) is 3.28. The quantitative estimate of drug-likeness (QED) is 0.581. The largest absolute Gasteiger partial charge is 0.508 e. The first-order valence-corrected chi connectivity index (χ1v) is 11.4. The summed E-state index contributed by atoms with van der Waals surface area (Å²) in [6, 6.07) is 13.4. The summed E-state index contributed by atoms with van der Waals surface area (Å²) in [6.07, 6.45) is 1.67. The third-order valence-electron chi connectivity index (χ3n) is 4.84. The fourth-order valence-corrected chi connectivity index (χ4v) is 3.51. The lowest BCUT2D eigenvalue weighted by molar-refractivity contribution is -0.193. The van der Waals surface area contributed by atoms with E-state index in [9.17, 15) is 9.90 Å². The summed E-state index contributed by atoms with van der Waals surface area (Å²) >= 11 is 6.28. The van der Waals surface area contributed by atoms with Crippen LogP contribution in [0.2, 0.25) is 5.02 Å². The van der Waals surface area contributed by atoms with Gasteiger partial charge < -0.3 is 10.0 Å². The summed E-state index contributed by atoms with van der Waals surface area (Å²) in [5.41, 5.74) is 3.38. The van der Waals surface area contributed by atoms with Crippen molar-refractivity contribution in [1.29, 1.82) is 0 Å². The van der Waals surface area contributed by atoms with Crippen LogP contribution in [-0.2, 0) is 42.4 Å².